The van der Waals surface area contributed by atoms with Gasteiger partial charge >= 0.3 is 0 Å². The lowest BCUT2D eigenvalue weighted by molar-refractivity contribution is 0.411. The molecule has 0 bridgehead atoms. The second-order valence-electron chi connectivity index (χ2n) is 4.87. The SMILES string of the molecule is COc1ccc(-c2c(OC)cnn(-c3ccccc3)c2=O)cc1. The zero-order valence-corrected chi connectivity index (χ0v) is 12.9. The lowest BCUT2D eigenvalue weighted by Gasteiger charge is -2.11. The lowest BCUT2D eigenvalue weighted by atomic mass is 10.1. The predicted molar refractivity (Wildman–Crippen MR) is 88.4 cm³/mol. The maximum Gasteiger partial charge on any atom is 0.283 e. The summed E-state index contributed by atoms with van der Waals surface area (Å²) < 4.78 is 11.8. The van der Waals surface area contributed by atoms with Crippen LogP contribution in [0.2, 0.25) is 0 Å². The Morgan fingerprint density at radius 1 is 0.913 bits per heavy atom. The molecule has 3 aromatic rings. The van der Waals surface area contributed by atoms with E-state index in [9.17, 15) is 4.79 Å². The molecule has 0 saturated heterocycles. The van der Waals surface area contributed by atoms with Crippen molar-refractivity contribution in [3.8, 4) is 28.3 Å². The number of para-hydroxylation sites is 1. The molecular formula is C18H16N2O3. The molecule has 0 N–H and O–H groups in total. The van der Waals surface area contributed by atoms with E-state index in [4.69, 9.17) is 9.47 Å². The van der Waals surface area contributed by atoms with Gasteiger partial charge in [-0.2, -0.15) is 9.78 Å². The summed E-state index contributed by atoms with van der Waals surface area (Å²) in [5.41, 5.74) is 1.68. The number of aromatic nitrogens is 2. The molecule has 3 rings (SSSR count). The number of rotatable bonds is 4. The van der Waals surface area contributed by atoms with Crippen LogP contribution >= 0.6 is 0 Å². The molecule has 1 aromatic heterocycles. The van der Waals surface area contributed by atoms with Crippen molar-refractivity contribution < 1.29 is 9.47 Å². The van der Waals surface area contributed by atoms with Crippen molar-refractivity contribution in [1.82, 2.24) is 9.78 Å². The molecule has 0 aliphatic heterocycles. The van der Waals surface area contributed by atoms with Crippen molar-refractivity contribution in [3.05, 3.63) is 71.1 Å². The van der Waals surface area contributed by atoms with E-state index in [1.165, 1.54) is 11.8 Å². The highest BCUT2D eigenvalue weighted by atomic mass is 16.5. The Balaban J connectivity index is 2.20. The molecule has 0 aliphatic carbocycles. The molecule has 0 radical (unpaired) electrons. The molecule has 2 aromatic carbocycles. The first-order valence-corrected chi connectivity index (χ1v) is 7.11. The fraction of sp³-hybridized carbons (Fsp3) is 0.111. The summed E-state index contributed by atoms with van der Waals surface area (Å²) in [6.07, 6.45) is 1.55. The van der Waals surface area contributed by atoms with Crippen LogP contribution in [-0.2, 0) is 0 Å². The summed E-state index contributed by atoms with van der Waals surface area (Å²) in [5.74, 6) is 1.16. The molecule has 1 heterocycles. The van der Waals surface area contributed by atoms with Gasteiger partial charge in [-0.25, -0.2) is 0 Å². The van der Waals surface area contributed by atoms with Gasteiger partial charge in [0.25, 0.3) is 5.56 Å². The smallest absolute Gasteiger partial charge is 0.283 e. The number of methoxy groups -OCH3 is 2. The van der Waals surface area contributed by atoms with Crippen molar-refractivity contribution in [2.24, 2.45) is 0 Å². The van der Waals surface area contributed by atoms with E-state index in [1.54, 1.807) is 13.3 Å². The Labute approximate surface area is 133 Å². The first-order valence-electron chi connectivity index (χ1n) is 7.11. The van der Waals surface area contributed by atoms with E-state index in [0.717, 1.165) is 11.3 Å². The first kappa shape index (κ1) is 14.8. The molecule has 0 amide bonds. The fourth-order valence-electron chi connectivity index (χ4n) is 2.37. The Hall–Kier alpha value is -3.08. The van der Waals surface area contributed by atoms with Gasteiger partial charge in [-0.1, -0.05) is 30.3 Å². The second-order valence-corrected chi connectivity index (χ2v) is 4.87. The summed E-state index contributed by atoms with van der Waals surface area (Å²) in [5, 5.41) is 4.19. The standard InChI is InChI=1S/C18H16N2O3/c1-22-15-10-8-13(9-11-15)17-16(23-2)12-19-20(18(17)21)14-6-4-3-5-7-14/h3-12H,1-2H3. The summed E-state index contributed by atoms with van der Waals surface area (Å²) in [6, 6.07) is 16.5. The van der Waals surface area contributed by atoms with Gasteiger partial charge in [0.05, 0.1) is 31.7 Å². The zero-order valence-electron chi connectivity index (χ0n) is 12.9. The highest BCUT2D eigenvalue weighted by molar-refractivity contribution is 5.69. The number of benzene rings is 2. The van der Waals surface area contributed by atoms with E-state index in [-0.39, 0.29) is 5.56 Å². The Kier molecular flexibility index (Phi) is 4.10. The number of hydrogen-bond acceptors (Lipinski definition) is 4. The fourth-order valence-corrected chi connectivity index (χ4v) is 2.37. The van der Waals surface area contributed by atoms with Gasteiger partial charge in [-0.3, -0.25) is 4.79 Å². The topological polar surface area (TPSA) is 53.4 Å². The van der Waals surface area contributed by atoms with Crippen molar-refractivity contribution in [1.29, 1.82) is 0 Å². The highest BCUT2D eigenvalue weighted by Crippen LogP contribution is 2.27. The monoisotopic (exact) mass is 308 g/mol. The second kappa shape index (κ2) is 6.36. The zero-order chi connectivity index (χ0) is 16.2. The summed E-state index contributed by atoms with van der Waals surface area (Å²) in [6.45, 7) is 0. The van der Waals surface area contributed by atoms with Crippen LogP contribution in [0, 0.1) is 0 Å². The highest BCUT2D eigenvalue weighted by Gasteiger charge is 2.15. The molecule has 5 heteroatoms. The van der Waals surface area contributed by atoms with E-state index < -0.39 is 0 Å². The van der Waals surface area contributed by atoms with Crippen molar-refractivity contribution in [3.63, 3.8) is 0 Å². The molecular weight excluding hydrogens is 292 g/mol. The first-order chi connectivity index (χ1) is 11.2. The molecule has 0 spiro atoms. The summed E-state index contributed by atoms with van der Waals surface area (Å²) in [7, 11) is 3.13. The number of ether oxygens (including phenoxy) is 2. The van der Waals surface area contributed by atoms with Crippen LogP contribution in [0.1, 0.15) is 0 Å². The van der Waals surface area contributed by atoms with Crippen LogP contribution in [0.15, 0.2) is 65.6 Å². The van der Waals surface area contributed by atoms with Crippen LogP contribution in [0.5, 0.6) is 11.5 Å². The third kappa shape index (κ3) is 2.81. The van der Waals surface area contributed by atoms with Crippen LogP contribution < -0.4 is 15.0 Å². The average Bonchev–Trinajstić information content (AvgIpc) is 2.62. The van der Waals surface area contributed by atoms with E-state index in [1.807, 2.05) is 54.6 Å². The molecule has 0 fully saturated rings. The lowest BCUT2D eigenvalue weighted by Crippen LogP contribution is -2.23. The average molecular weight is 308 g/mol. The molecule has 0 aliphatic rings. The normalized spacial score (nSPS) is 10.3. The minimum atomic E-state index is -0.235. The molecule has 5 nitrogen and oxygen atoms in total. The van der Waals surface area contributed by atoms with Gasteiger partial charge in [-0.05, 0) is 29.8 Å². The van der Waals surface area contributed by atoms with Gasteiger partial charge < -0.3 is 9.47 Å². The predicted octanol–water partition coefficient (Wildman–Crippen LogP) is 2.92. The van der Waals surface area contributed by atoms with Crippen LogP contribution in [0.25, 0.3) is 16.8 Å². The third-order valence-corrected chi connectivity index (χ3v) is 3.54. The van der Waals surface area contributed by atoms with Gasteiger partial charge in [-0.15, -0.1) is 0 Å². The summed E-state index contributed by atoms with van der Waals surface area (Å²) >= 11 is 0. The molecule has 0 unspecified atom stereocenters. The van der Waals surface area contributed by atoms with Gasteiger partial charge in [0.2, 0.25) is 0 Å². The Morgan fingerprint density at radius 2 is 1.61 bits per heavy atom. The van der Waals surface area contributed by atoms with Crippen LogP contribution in [0.4, 0.5) is 0 Å². The maximum absolute atomic E-state index is 12.9. The molecule has 0 saturated carbocycles. The molecule has 116 valence electrons. The maximum atomic E-state index is 12.9. The molecule has 0 atom stereocenters. The van der Waals surface area contributed by atoms with Gasteiger partial charge in [0, 0.05) is 0 Å². The van der Waals surface area contributed by atoms with Crippen LogP contribution in [-0.4, -0.2) is 24.0 Å². The van der Waals surface area contributed by atoms with Gasteiger partial charge in [0.15, 0.2) is 5.75 Å². The Bertz CT molecular complexity index is 856. The largest absolute Gasteiger partial charge is 0.497 e. The van der Waals surface area contributed by atoms with E-state index >= 15 is 0 Å². The minimum absolute atomic E-state index is 0.235. The number of nitrogens with zero attached hydrogens (tertiary/aromatic N) is 2. The van der Waals surface area contributed by atoms with Crippen molar-refractivity contribution in [2.75, 3.05) is 14.2 Å². The quantitative estimate of drug-likeness (QED) is 0.743. The minimum Gasteiger partial charge on any atom is -0.497 e. The van der Waals surface area contributed by atoms with Crippen molar-refractivity contribution in [2.45, 2.75) is 0 Å². The third-order valence-electron chi connectivity index (χ3n) is 3.54. The molecule has 23 heavy (non-hydrogen) atoms. The van der Waals surface area contributed by atoms with E-state index in [2.05, 4.69) is 5.10 Å². The Morgan fingerprint density at radius 3 is 2.22 bits per heavy atom. The van der Waals surface area contributed by atoms with Gasteiger partial charge in [0.1, 0.15) is 5.75 Å². The van der Waals surface area contributed by atoms with E-state index in [0.29, 0.717) is 17.0 Å². The van der Waals surface area contributed by atoms with Crippen molar-refractivity contribution >= 4 is 0 Å². The summed E-state index contributed by atoms with van der Waals surface area (Å²) in [4.78, 5) is 12.9. The van der Waals surface area contributed by atoms with Crippen LogP contribution in [0.3, 0.4) is 0 Å². The number of hydrogen-bond donors (Lipinski definition) is 0.